The quantitative estimate of drug-likeness (QED) is 0.829. The molecule has 0 aliphatic heterocycles. The minimum absolute atomic E-state index is 0.723. The Bertz CT molecular complexity index is 490. The molecule has 1 aromatic heterocycles. The van der Waals surface area contributed by atoms with E-state index in [-0.39, 0.29) is 0 Å². The molecule has 2 rings (SSSR count). The van der Waals surface area contributed by atoms with Crippen molar-refractivity contribution in [2.24, 2.45) is 0 Å². The van der Waals surface area contributed by atoms with Gasteiger partial charge in [-0.15, -0.1) is 0 Å². The number of hydrogen-bond acceptors (Lipinski definition) is 1. The van der Waals surface area contributed by atoms with Crippen LogP contribution >= 0.6 is 0 Å². The summed E-state index contributed by atoms with van der Waals surface area (Å²) in [5, 5.41) is 9.83. The van der Waals surface area contributed by atoms with Gasteiger partial charge in [0.25, 0.3) is 0 Å². The predicted molar refractivity (Wildman–Crippen MR) is 55.9 cm³/mol. The molecule has 0 atom stereocenters. The zero-order valence-corrected chi connectivity index (χ0v) is 9.51. The zero-order valence-electron chi connectivity index (χ0n) is 7.64. The Kier molecular flexibility index (Phi) is 2.34. The fourth-order valence-electron chi connectivity index (χ4n) is 1.43. The Labute approximate surface area is 88.3 Å². The van der Waals surface area contributed by atoms with E-state index in [0.29, 0.717) is 0 Å². The van der Waals surface area contributed by atoms with Gasteiger partial charge in [0.1, 0.15) is 0 Å². The minimum atomic E-state index is -0.827. The van der Waals surface area contributed by atoms with Gasteiger partial charge in [-0.25, -0.2) is 0 Å². The van der Waals surface area contributed by atoms with E-state index in [0.717, 1.165) is 10.9 Å². The van der Waals surface area contributed by atoms with Crippen LogP contribution in [0.5, 0.6) is 0 Å². The van der Waals surface area contributed by atoms with Gasteiger partial charge in [0, 0.05) is 0 Å². The van der Waals surface area contributed by atoms with Gasteiger partial charge in [0.2, 0.25) is 0 Å². The molecule has 0 amide bonds. The molecule has 0 bridgehead atoms. The van der Waals surface area contributed by atoms with Gasteiger partial charge in [0.15, 0.2) is 0 Å². The van der Waals surface area contributed by atoms with Gasteiger partial charge < -0.3 is 0 Å². The molecule has 0 spiro atoms. The van der Waals surface area contributed by atoms with Crippen LogP contribution in [0.3, 0.4) is 0 Å². The number of hydrogen-bond donors (Lipinski definition) is 1. The summed E-state index contributed by atoms with van der Waals surface area (Å²) in [7, 11) is 0. The van der Waals surface area contributed by atoms with Crippen molar-refractivity contribution in [3.63, 3.8) is 0 Å². The summed E-state index contributed by atoms with van der Waals surface area (Å²) in [5.41, 5.74) is 2.21. The Balaban J connectivity index is 2.52. The van der Waals surface area contributed by atoms with E-state index in [9.17, 15) is 4.79 Å². The fourth-order valence-corrected chi connectivity index (χ4v) is 2.70. The van der Waals surface area contributed by atoms with E-state index in [4.69, 9.17) is 5.11 Å². The Hall–Kier alpha value is -1.21. The second-order valence-electron chi connectivity index (χ2n) is 3.11. The number of benzene rings is 1. The van der Waals surface area contributed by atoms with Crippen molar-refractivity contribution >= 4 is 31.6 Å². The van der Waals surface area contributed by atoms with Crippen molar-refractivity contribution in [2.45, 2.75) is 6.92 Å². The van der Waals surface area contributed by atoms with Gasteiger partial charge in [-0.2, -0.15) is 0 Å². The summed E-state index contributed by atoms with van der Waals surface area (Å²) in [5.74, 6) is 0. The van der Waals surface area contributed by atoms with Crippen molar-refractivity contribution < 1.29 is 9.90 Å². The molecule has 2 aromatic rings. The summed E-state index contributed by atoms with van der Waals surface area (Å²) < 4.78 is 1.10. The van der Waals surface area contributed by atoms with Crippen LogP contribution in [0.15, 0.2) is 30.5 Å². The molecule has 0 aliphatic carbocycles. The second-order valence-corrected chi connectivity index (χ2v) is 5.23. The third-order valence-electron chi connectivity index (χ3n) is 2.02. The molecule has 0 saturated carbocycles. The maximum atomic E-state index is 10.6. The van der Waals surface area contributed by atoms with Gasteiger partial charge in [-0.05, 0) is 0 Å². The maximum absolute atomic E-state index is 10.6. The van der Waals surface area contributed by atoms with E-state index in [1.54, 1.807) is 0 Å². The molecule has 0 aliphatic rings. The van der Waals surface area contributed by atoms with E-state index < -0.39 is 20.7 Å². The third-order valence-corrected chi connectivity index (χ3v) is 3.56. The van der Waals surface area contributed by atoms with E-state index in [1.807, 2.05) is 34.8 Å². The van der Waals surface area contributed by atoms with Crippen LogP contribution in [-0.2, 0) is 0 Å². The molecule has 0 fully saturated rings. The Morgan fingerprint density at radius 1 is 1.43 bits per heavy atom. The van der Waals surface area contributed by atoms with Gasteiger partial charge in [-0.1, -0.05) is 0 Å². The molecule has 0 saturated heterocycles. The summed E-state index contributed by atoms with van der Waals surface area (Å²) in [6.45, 7) is 2.03. The molecular formula is C10H9AsNO2. The normalized spacial score (nSPS) is 11.5. The van der Waals surface area contributed by atoms with Crippen LogP contribution in [0, 0.1) is 6.92 Å². The number of fused-ring (bicyclic) bond motifs is 1. The molecule has 1 N–H and O–H groups in total. The standard InChI is InChI=1S/C10H9AsNO2/c1-7-2-3-9-8(6-7)4-5-12(9)11-10(13)14/h2-6H,1H3,(H,13,14). The van der Waals surface area contributed by atoms with Crippen molar-refractivity contribution in [1.29, 1.82) is 0 Å². The van der Waals surface area contributed by atoms with Gasteiger partial charge in [-0.3, -0.25) is 0 Å². The monoisotopic (exact) mass is 250 g/mol. The fraction of sp³-hybridized carbons (Fsp3) is 0.100. The first-order chi connectivity index (χ1) is 6.66. The number of rotatable bonds is 2. The second kappa shape index (κ2) is 3.50. The van der Waals surface area contributed by atoms with E-state index >= 15 is 0 Å². The van der Waals surface area contributed by atoms with Crippen molar-refractivity contribution in [2.75, 3.05) is 0 Å². The first-order valence-electron chi connectivity index (χ1n) is 4.19. The molecule has 71 valence electrons. The summed E-state index contributed by atoms with van der Waals surface area (Å²) in [6.07, 6.45) is 1.85. The van der Waals surface area contributed by atoms with E-state index in [2.05, 4.69) is 6.07 Å². The Morgan fingerprint density at radius 3 is 2.93 bits per heavy atom. The number of aromatic nitrogens is 1. The van der Waals surface area contributed by atoms with Gasteiger partial charge in [0.05, 0.1) is 0 Å². The number of nitrogens with zero attached hydrogens (tertiary/aromatic N) is 1. The average Bonchev–Trinajstić information content (AvgIpc) is 2.47. The SMILES string of the molecule is Cc1ccc2c(ccn2[As]C(=O)O)c1. The van der Waals surface area contributed by atoms with Crippen LogP contribution in [0.25, 0.3) is 10.9 Å². The number of carboxylic acid groups (broad SMARTS) is 1. The third kappa shape index (κ3) is 1.68. The van der Waals surface area contributed by atoms with Crippen molar-refractivity contribution in [3.05, 3.63) is 36.0 Å². The topological polar surface area (TPSA) is 42.2 Å². The Morgan fingerprint density at radius 2 is 2.21 bits per heavy atom. The van der Waals surface area contributed by atoms with Gasteiger partial charge >= 0.3 is 88.0 Å². The molecule has 1 aromatic carbocycles. The first-order valence-corrected chi connectivity index (χ1v) is 5.97. The average molecular weight is 250 g/mol. The van der Waals surface area contributed by atoms with Crippen LogP contribution in [0.2, 0.25) is 0 Å². The molecule has 1 radical (unpaired) electrons. The van der Waals surface area contributed by atoms with Crippen LogP contribution in [0.4, 0.5) is 4.79 Å². The molecule has 14 heavy (non-hydrogen) atoms. The summed E-state index contributed by atoms with van der Waals surface area (Å²) in [4.78, 5) is 10.6. The first kappa shape index (κ1) is 9.35. The molecular weight excluding hydrogens is 241 g/mol. The molecule has 1 heterocycles. The summed E-state index contributed by atoms with van der Waals surface area (Å²) in [6, 6.07) is 8.00. The van der Waals surface area contributed by atoms with Crippen LogP contribution < -0.4 is 0 Å². The molecule has 4 heteroatoms. The number of carbonyl (C=O) groups is 1. The van der Waals surface area contributed by atoms with Crippen LogP contribution in [0.1, 0.15) is 5.56 Å². The predicted octanol–water partition coefficient (Wildman–Crippen LogP) is 2.10. The summed E-state index contributed by atoms with van der Waals surface area (Å²) >= 11 is -0.827. The van der Waals surface area contributed by atoms with E-state index in [1.165, 1.54) is 5.56 Å². The van der Waals surface area contributed by atoms with Crippen LogP contribution in [-0.4, -0.2) is 29.3 Å². The zero-order chi connectivity index (χ0) is 10.1. The van der Waals surface area contributed by atoms with Crippen molar-refractivity contribution in [1.82, 2.24) is 3.48 Å². The van der Waals surface area contributed by atoms with Crippen molar-refractivity contribution in [3.8, 4) is 0 Å². The number of aryl methyl sites for hydroxylation is 1. The molecule has 0 unspecified atom stereocenters. The molecule has 3 nitrogen and oxygen atoms in total.